The topological polar surface area (TPSA) is 164 Å². The van der Waals surface area contributed by atoms with E-state index >= 15 is 0 Å². The minimum absolute atomic E-state index is 0. The van der Waals surface area contributed by atoms with Gasteiger partial charge in [-0.05, 0) is 18.2 Å². The first-order chi connectivity index (χ1) is 12.4. The number of rotatable bonds is 6. The summed E-state index contributed by atoms with van der Waals surface area (Å²) in [6, 6.07) is 4.36. The van der Waals surface area contributed by atoms with Crippen molar-refractivity contribution in [2.75, 3.05) is 14.2 Å². The summed E-state index contributed by atoms with van der Waals surface area (Å²) in [6.07, 6.45) is 0. The van der Waals surface area contributed by atoms with Crippen molar-refractivity contribution in [3.05, 3.63) is 41.5 Å². The molecule has 0 heterocycles. The van der Waals surface area contributed by atoms with Crippen LogP contribution in [0.4, 0.5) is 0 Å². The molecule has 0 fully saturated rings. The van der Waals surface area contributed by atoms with Crippen LogP contribution < -0.4 is 68.6 Å². The van der Waals surface area contributed by atoms with E-state index in [1.165, 1.54) is 0 Å². The summed E-state index contributed by atoms with van der Waals surface area (Å²) < 4.78 is 73.4. The van der Waals surface area contributed by atoms with Crippen molar-refractivity contribution in [1.82, 2.24) is 0 Å². The second-order valence-corrected chi connectivity index (χ2v) is 7.97. The molecule has 0 atom stereocenters. The maximum Gasteiger partial charge on any atom is 1.00 e. The maximum atomic E-state index is 12.7. The predicted octanol–water partition coefficient (Wildman–Crippen LogP) is -4.86. The van der Waals surface area contributed by atoms with Gasteiger partial charge >= 0.3 is 59.1 Å². The summed E-state index contributed by atoms with van der Waals surface area (Å²) in [4.78, 5) is 11.4. The van der Waals surface area contributed by atoms with E-state index in [1.54, 1.807) is 0 Å². The average Bonchev–Trinajstić information content (AvgIpc) is 2.58. The van der Waals surface area contributed by atoms with Crippen LogP contribution in [0.25, 0.3) is 0 Å². The Morgan fingerprint density at radius 1 is 0.828 bits per heavy atom. The predicted molar refractivity (Wildman–Crippen MR) is 90.7 cm³/mol. The Morgan fingerprint density at radius 3 is 1.83 bits per heavy atom. The number of benzene rings is 2. The molecule has 0 unspecified atom stereocenters. The second-order valence-electron chi connectivity index (χ2n) is 5.16. The van der Waals surface area contributed by atoms with Gasteiger partial charge in [-0.1, -0.05) is 0 Å². The first kappa shape index (κ1) is 28.3. The van der Waals surface area contributed by atoms with Gasteiger partial charge in [0.2, 0.25) is 5.78 Å². The molecule has 0 bridgehead atoms. The molecule has 29 heavy (non-hydrogen) atoms. The normalized spacial score (nSPS) is 11.0. The zero-order chi connectivity index (χ0) is 20.6. The first-order valence-electron chi connectivity index (χ1n) is 6.99. The van der Waals surface area contributed by atoms with Crippen LogP contribution in [0.2, 0.25) is 0 Å². The summed E-state index contributed by atoms with van der Waals surface area (Å²) in [6.45, 7) is 0. The number of carbonyl (C=O) groups is 1. The first-order valence-corrected chi connectivity index (χ1v) is 9.87. The molecule has 0 spiro atoms. The number of phenols is 1. The van der Waals surface area contributed by atoms with Crippen LogP contribution in [0.1, 0.15) is 15.9 Å². The quantitative estimate of drug-likeness (QED) is 0.215. The minimum Gasteiger partial charge on any atom is -0.507 e. The Morgan fingerprint density at radius 2 is 1.38 bits per heavy atom. The third kappa shape index (κ3) is 6.40. The largest absolute Gasteiger partial charge is 1.00 e. The molecule has 0 aromatic heterocycles. The fourth-order valence-electron chi connectivity index (χ4n) is 2.26. The molecule has 0 amide bonds. The molecule has 146 valence electrons. The van der Waals surface area contributed by atoms with E-state index in [2.05, 4.69) is 0 Å². The third-order valence-electron chi connectivity index (χ3n) is 3.52. The number of hydrogen-bond acceptors (Lipinski definition) is 8. The molecule has 14 heteroatoms. The molecule has 2 rings (SSSR count). The van der Waals surface area contributed by atoms with Gasteiger partial charge in [0.1, 0.15) is 22.1 Å². The van der Waals surface area contributed by atoms with Gasteiger partial charge in [0.05, 0.1) is 30.2 Å². The van der Waals surface area contributed by atoms with Crippen molar-refractivity contribution >= 4 is 26.0 Å². The van der Waals surface area contributed by atoms with Crippen LogP contribution in [0.3, 0.4) is 0 Å². The summed E-state index contributed by atoms with van der Waals surface area (Å²) in [5.41, 5.74) is -0.743. The Labute approximate surface area is 211 Å². The van der Waals surface area contributed by atoms with Crippen LogP contribution in [-0.4, -0.2) is 51.1 Å². The smallest absolute Gasteiger partial charge is 0.507 e. The Kier molecular flexibility index (Phi) is 10.3. The van der Waals surface area contributed by atoms with Crippen molar-refractivity contribution in [2.45, 2.75) is 9.79 Å². The Balaban J connectivity index is 0.00000392. The van der Waals surface area contributed by atoms with Crippen molar-refractivity contribution in [3.8, 4) is 17.2 Å². The number of carbonyl (C=O) groups excluding carboxylic acids is 1. The number of ether oxygens (including phenoxy) is 2. The fourth-order valence-corrected chi connectivity index (χ4v) is 3.42. The standard InChI is InChI=1S/C15H14O10S2.2Na/c1-24-12-5-8(26(18,19)20)3-4-9(12)15(17)10-6-14(27(21,22)23)13(25-2)7-11(10)16;;/h3-7,16H,1-2H3,(H,18,19,20)(H,21,22,23);;/q;2*+1. The number of aromatic hydroxyl groups is 1. The molecule has 2 aromatic rings. The van der Waals surface area contributed by atoms with Gasteiger partial charge in [-0.3, -0.25) is 13.9 Å². The van der Waals surface area contributed by atoms with Crippen LogP contribution in [0.15, 0.2) is 40.1 Å². The molecule has 0 radical (unpaired) electrons. The summed E-state index contributed by atoms with van der Waals surface area (Å²) in [7, 11) is -7.09. The number of hydrogen-bond donors (Lipinski definition) is 3. The number of ketones is 1. The van der Waals surface area contributed by atoms with E-state index in [4.69, 9.17) is 14.0 Å². The average molecular weight is 464 g/mol. The van der Waals surface area contributed by atoms with Crippen molar-refractivity contribution < 1.29 is 104 Å². The monoisotopic (exact) mass is 464 g/mol. The van der Waals surface area contributed by atoms with Gasteiger partial charge < -0.3 is 14.6 Å². The second kappa shape index (κ2) is 10.6. The zero-order valence-corrected chi connectivity index (χ0v) is 21.5. The van der Waals surface area contributed by atoms with Gasteiger partial charge in [0.25, 0.3) is 20.2 Å². The van der Waals surface area contributed by atoms with Crippen LogP contribution >= 0.6 is 0 Å². The molecule has 0 saturated heterocycles. The van der Waals surface area contributed by atoms with Crippen LogP contribution in [-0.2, 0) is 20.2 Å². The Hall–Kier alpha value is -0.670. The van der Waals surface area contributed by atoms with Crippen molar-refractivity contribution in [2.24, 2.45) is 0 Å². The van der Waals surface area contributed by atoms with E-state index < -0.39 is 47.1 Å². The summed E-state index contributed by atoms with van der Waals surface area (Å²) in [5, 5.41) is 10.0. The SMILES string of the molecule is COc1cc(S(=O)(=O)O)ccc1C(=O)c1cc(S(=O)(=O)O)c(OC)cc1O.[Na+].[Na+]. The van der Waals surface area contributed by atoms with Gasteiger partial charge in [0.15, 0.2) is 0 Å². The summed E-state index contributed by atoms with van der Waals surface area (Å²) in [5.74, 6) is -2.22. The minimum atomic E-state index is -4.77. The molecular formula is C15H14Na2O10S2+2. The number of methoxy groups -OCH3 is 2. The van der Waals surface area contributed by atoms with E-state index in [0.29, 0.717) is 6.07 Å². The van der Waals surface area contributed by atoms with E-state index in [-0.39, 0.29) is 76.2 Å². The van der Waals surface area contributed by atoms with E-state index in [1.807, 2.05) is 0 Å². The maximum absolute atomic E-state index is 12.7. The molecule has 0 aliphatic carbocycles. The van der Waals surface area contributed by atoms with Crippen LogP contribution in [0, 0.1) is 0 Å². The zero-order valence-electron chi connectivity index (χ0n) is 15.9. The molecule has 0 saturated carbocycles. The molecular weight excluding hydrogens is 450 g/mol. The summed E-state index contributed by atoms with van der Waals surface area (Å²) >= 11 is 0. The van der Waals surface area contributed by atoms with E-state index in [0.717, 1.165) is 38.5 Å². The van der Waals surface area contributed by atoms with Gasteiger partial charge in [-0.25, -0.2) is 0 Å². The molecule has 0 aliphatic heterocycles. The van der Waals surface area contributed by atoms with Crippen molar-refractivity contribution in [3.63, 3.8) is 0 Å². The van der Waals surface area contributed by atoms with Gasteiger partial charge in [-0.2, -0.15) is 16.8 Å². The molecule has 10 nitrogen and oxygen atoms in total. The number of phenolic OH excluding ortho intramolecular Hbond substituents is 1. The van der Waals surface area contributed by atoms with E-state index in [9.17, 15) is 31.3 Å². The van der Waals surface area contributed by atoms with Crippen LogP contribution in [0.5, 0.6) is 17.2 Å². The van der Waals surface area contributed by atoms with Gasteiger partial charge in [0, 0.05) is 12.1 Å². The fraction of sp³-hybridized carbons (Fsp3) is 0.133. The van der Waals surface area contributed by atoms with Gasteiger partial charge in [-0.15, -0.1) is 0 Å². The molecule has 3 N–H and O–H groups in total. The molecule has 0 aliphatic rings. The Bertz CT molecular complexity index is 1130. The van der Waals surface area contributed by atoms with Crippen molar-refractivity contribution in [1.29, 1.82) is 0 Å². The third-order valence-corrected chi connectivity index (χ3v) is 5.24. The molecule has 2 aromatic carbocycles.